The fourth-order valence-corrected chi connectivity index (χ4v) is 2.29. The van der Waals surface area contributed by atoms with Crippen LogP contribution < -0.4 is 10.6 Å². The monoisotopic (exact) mass is 334 g/mol. The van der Waals surface area contributed by atoms with Crippen LogP contribution in [0.25, 0.3) is 0 Å². The third-order valence-electron chi connectivity index (χ3n) is 3.33. The van der Waals surface area contributed by atoms with Gasteiger partial charge in [0.25, 0.3) is 5.91 Å². The van der Waals surface area contributed by atoms with Crippen LogP contribution in [0.15, 0.2) is 42.5 Å². The van der Waals surface area contributed by atoms with E-state index in [1.165, 1.54) is 6.07 Å². The lowest BCUT2D eigenvalue weighted by molar-refractivity contribution is 0.0949. The van der Waals surface area contributed by atoms with E-state index in [1.807, 2.05) is 19.9 Å². The number of hydrogen-bond acceptors (Lipinski definition) is 2. The van der Waals surface area contributed by atoms with Crippen LogP contribution in [-0.2, 0) is 6.54 Å². The molecule has 0 heterocycles. The number of amides is 1. The quantitative estimate of drug-likeness (QED) is 0.818. The zero-order valence-corrected chi connectivity index (χ0v) is 14.0. The van der Waals surface area contributed by atoms with Gasteiger partial charge in [-0.1, -0.05) is 37.6 Å². The van der Waals surface area contributed by atoms with E-state index in [0.717, 1.165) is 5.69 Å². The molecule has 0 aliphatic rings. The van der Waals surface area contributed by atoms with Gasteiger partial charge in [-0.3, -0.25) is 4.79 Å². The maximum absolute atomic E-state index is 13.7. The highest BCUT2D eigenvalue weighted by atomic mass is 35.5. The molecule has 1 amide bonds. The van der Waals surface area contributed by atoms with Crippen molar-refractivity contribution in [3.05, 3.63) is 64.4 Å². The lowest BCUT2D eigenvalue weighted by Crippen LogP contribution is -2.27. The molecule has 0 unspecified atom stereocenters. The van der Waals surface area contributed by atoms with Crippen molar-refractivity contribution in [3.8, 4) is 0 Å². The minimum atomic E-state index is -0.351. The van der Waals surface area contributed by atoms with E-state index in [-0.39, 0.29) is 18.3 Å². The first-order valence-corrected chi connectivity index (χ1v) is 7.90. The second-order valence-corrected chi connectivity index (χ2v) is 6.15. The number of rotatable bonds is 6. The zero-order valence-electron chi connectivity index (χ0n) is 13.2. The van der Waals surface area contributed by atoms with Crippen LogP contribution in [0.2, 0.25) is 5.02 Å². The Morgan fingerprint density at radius 1 is 1.22 bits per heavy atom. The number of nitrogens with one attached hydrogen (secondary N) is 2. The highest BCUT2D eigenvalue weighted by Gasteiger charge is 2.09. The average molecular weight is 335 g/mol. The molecule has 0 saturated heterocycles. The van der Waals surface area contributed by atoms with Crippen molar-refractivity contribution in [2.75, 3.05) is 11.9 Å². The van der Waals surface area contributed by atoms with Gasteiger partial charge >= 0.3 is 0 Å². The van der Waals surface area contributed by atoms with Crippen LogP contribution in [0.4, 0.5) is 10.1 Å². The summed E-state index contributed by atoms with van der Waals surface area (Å²) in [6.45, 7) is 4.96. The highest BCUT2D eigenvalue weighted by Crippen LogP contribution is 2.20. The molecule has 0 aromatic heterocycles. The minimum Gasteiger partial charge on any atom is -0.381 e. The first-order valence-electron chi connectivity index (χ1n) is 7.52. The Morgan fingerprint density at radius 3 is 2.65 bits per heavy atom. The van der Waals surface area contributed by atoms with E-state index in [2.05, 4.69) is 10.6 Å². The Labute approximate surface area is 140 Å². The van der Waals surface area contributed by atoms with Crippen LogP contribution in [0.3, 0.4) is 0 Å². The molecule has 0 radical (unpaired) electrons. The van der Waals surface area contributed by atoms with Gasteiger partial charge in [0.05, 0.1) is 0 Å². The van der Waals surface area contributed by atoms with Crippen LogP contribution in [-0.4, -0.2) is 12.5 Å². The van der Waals surface area contributed by atoms with E-state index in [1.54, 1.807) is 30.3 Å². The van der Waals surface area contributed by atoms with E-state index >= 15 is 0 Å². The Morgan fingerprint density at radius 2 is 1.96 bits per heavy atom. The number of anilines is 1. The summed E-state index contributed by atoms with van der Waals surface area (Å²) in [6, 6.07) is 11.7. The Balaban J connectivity index is 2.04. The summed E-state index contributed by atoms with van der Waals surface area (Å²) in [6.07, 6.45) is 0. The van der Waals surface area contributed by atoms with Gasteiger partial charge in [-0.05, 0) is 36.2 Å². The summed E-state index contributed by atoms with van der Waals surface area (Å²) in [5.74, 6) is -0.0782. The molecule has 0 aliphatic heterocycles. The van der Waals surface area contributed by atoms with Crippen LogP contribution >= 0.6 is 11.6 Å². The standard InChI is InChI=1S/C18H20ClFN2O/c1-12(2)10-22-18(23)13-5-3-6-14(9-13)21-11-15-16(19)7-4-8-17(15)20/h3-9,12,21H,10-11H2,1-2H3,(H,22,23). The normalized spacial score (nSPS) is 10.7. The molecular weight excluding hydrogens is 315 g/mol. The van der Waals surface area contributed by atoms with Crippen molar-refractivity contribution in [3.63, 3.8) is 0 Å². The molecule has 0 spiro atoms. The predicted octanol–water partition coefficient (Wildman–Crippen LogP) is 4.48. The Bertz CT molecular complexity index is 668. The van der Waals surface area contributed by atoms with E-state index < -0.39 is 0 Å². The van der Waals surface area contributed by atoms with Crippen LogP contribution in [0.1, 0.15) is 29.8 Å². The van der Waals surface area contributed by atoms with E-state index in [9.17, 15) is 9.18 Å². The first-order chi connectivity index (χ1) is 11.0. The zero-order chi connectivity index (χ0) is 16.8. The molecule has 2 N–H and O–H groups in total. The summed E-state index contributed by atoms with van der Waals surface area (Å²) in [5, 5.41) is 6.35. The molecule has 122 valence electrons. The summed E-state index contributed by atoms with van der Waals surface area (Å²) < 4.78 is 13.7. The fourth-order valence-electron chi connectivity index (χ4n) is 2.06. The topological polar surface area (TPSA) is 41.1 Å². The van der Waals surface area contributed by atoms with Gasteiger partial charge in [0.15, 0.2) is 0 Å². The minimum absolute atomic E-state index is 0.119. The van der Waals surface area contributed by atoms with Crippen LogP contribution in [0.5, 0.6) is 0 Å². The molecule has 0 fully saturated rings. The van der Waals surface area contributed by atoms with Crippen molar-refractivity contribution in [2.45, 2.75) is 20.4 Å². The predicted molar refractivity (Wildman–Crippen MR) is 92.3 cm³/mol. The van der Waals surface area contributed by atoms with Crippen molar-refractivity contribution in [1.29, 1.82) is 0 Å². The Hall–Kier alpha value is -2.07. The smallest absolute Gasteiger partial charge is 0.251 e. The molecular formula is C18H20ClFN2O. The SMILES string of the molecule is CC(C)CNC(=O)c1cccc(NCc2c(F)cccc2Cl)c1. The molecule has 0 bridgehead atoms. The summed E-state index contributed by atoms with van der Waals surface area (Å²) in [7, 11) is 0. The molecule has 23 heavy (non-hydrogen) atoms. The molecule has 0 aliphatic carbocycles. The second kappa shape index (κ2) is 7.97. The summed E-state index contributed by atoms with van der Waals surface area (Å²) >= 11 is 6.00. The molecule has 0 saturated carbocycles. The van der Waals surface area contributed by atoms with Gasteiger partial charge in [0.2, 0.25) is 0 Å². The molecule has 2 rings (SSSR count). The third kappa shape index (κ3) is 4.96. The molecule has 5 heteroatoms. The first kappa shape index (κ1) is 17.3. The van der Waals surface area contributed by atoms with Gasteiger partial charge in [0.1, 0.15) is 5.82 Å². The number of carbonyl (C=O) groups is 1. The number of benzene rings is 2. The average Bonchev–Trinajstić information content (AvgIpc) is 2.52. The molecule has 0 atom stereocenters. The van der Waals surface area contributed by atoms with Crippen LogP contribution in [0, 0.1) is 11.7 Å². The lowest BCUT2D eigenvalue weighted by Gasteiger charge is -2.11. The van der Waals surface area contributed by atoms with Gasteiger partial charge < -0.3 is 10.6 Å². The van der Waals surface area contributed by atoms with E-state index in [0.29, 0.717) is 28.6 Å². The van der Waals surface area contributed by atoms with Gasteiger partial charge in [0, 0.05) is 34.9 Å². The number of halogens is 2. The summed E-state index contributed by atoms with van der Waals surface area (Å²) in [4.78, 5) is 12.1. The Kier molecular flexibility index (Phi) is 5.99. The van der Waals surface area contributed by atoms with Gasteiger partial charge in [-0.2, -0.15) is 0 Å². The van der Waals surface area contributed by atoms with Crippen molar-refractivity contribution in [2.24, 2.45) is 5.92 Å². The van der Waals surface area contributed by atoms with Gasteiger partial charge in [-0.15, -0.1) is 0 Å². The number of carbonyl (C=O) groups excluding carboxylic acids is 1. The van der Waals surface area contributed by atoms with Gasteiger partial charge in [-0.25, -0.2) is 4.39 Å². The fraction of sp³-hybridized carbons (Fsp3) is 0.278. The highest BCUT2D eigenvalue weighted by molar-refractivity contribution is 6.31. The summed E-state index contributed by atoms with van der Waals surface area (Å²) in [5.41, 5.74) is 1.71. The third-order valence-corrected chi connectivity index (χ3v) is 3.68. The number of hydrogen-bond donors (Lipinski definition) is 2. The maximum atomic E-state index is 13.7. The lowest BCUT2D eigenvalue weighted by atomic mass is 10.1. The van der Waals surface area contributed by atoms with Crippen molar-refractivity contribution in [1.82, 2.24) is 5.32 Å². The molecule has 3 nitrogen and oxygen atoms in total. The molecule has 2 aromatic carbocycles. The van der Waals surface area contributed by atoms with E-state index in [4.69, 9.17) is 11.6 Å². The van der Waals surface area contributed by atoms with Crippen molar-refractivity contribution >= 4 is 23.2 Å². The molecule has 2 aromatic rings. The largest absolute Gasteiger partial charge is 0.381 e. The second-order valence-electron chi connectivity index (χ2n) is 5.74. The maximum Gasteiger partial charge on any atom is 0.251 e. The van der Waals surface area contributed by atoms with Crippen molar-refractivity contribution < 1.29 is 9.18 Å².